The van der Waals surface area contributed by atoms with Gasteiger partial charge in [0.1, 0.15) is 19.8 Å². The highest BCUT2D eigenvalue weighted by Crippen LogP contribution is 2.38. The molecule has 0 aromatic heterocycles. The van der Waals surface area contributed by atoms with Gasteiger partial charge in [-0.25, -0.2) is 0 Å². The first-order chi connectivity index (χ1) is 29.5. The Morgan fingerprint density at radius 2 is 0.738 bits per heavy atom. The standard InChI is InChI=1S/C51H102NO8P/c1-6-8-10-12-14-16-18-20-22-23-24-25-26-27-28-30-31-33-35-37-39-41-43-50(53)57-47-49(48-59-61(55,56)58-46-45-52(3,4)5)60-51(54)44-42-40-38-36-34-32-29-21-19-17-15-13-11-9-7-2/h49H,6-48H2,1-5H3/t49-/m1/s1. The molecule has 0 aliphatic rings. The minimum atomic E-state index is -4.62. The van der Waals surface area contributed by atoms with Gasteiger partial charge in [0.25, 0.3) is 7.82 Å². The molecule has 0 heterocycles. The summed E-state index contributed by atoms with van der Waals surface area (Å²) in [7, 11) is 1.19. The van der Waals surface area contributed by atoms with Crippen LogP contribution in [0.25, 0.3) is 0 Å². The fraction of sp³-hybridized carbons (Fsp3) is 0.961. The van der Waals surface area contributed by atoms with E-state index in [-0.39, 0.29) is 32.0 Å². The fourth-order valence-electron chi connectivity index (χ4n) is 7.78. The molecule has 0 aliphatic carbocycles. The quantitative estimate of drug-likeness (QED) is 0.0257. The molecule has 61 heavy (non-hydrogen) atoms. The summed E-state index contributed by atoms with van der Waals surface area (Å²) in [4.78, 5) is 37.7. The molecule has 0 bridgehead atoms. The lowest BCUT2D eigenvalue weighted by Crippen LogP contribution is -2.37. The maximum Gasteiger partial charge on any atom is 0.306 e. The van der Waals surface area contributed by atoms with Gasteiger partial charge in [-0.3, -0.25) is 14.2 Å². The van der Waals surface area contributed by atoms with E-state index in [1.54, 1.807) is 0 Å². The molecule has 0 rings (SSSR count). The molecule has 0 aromatic rings. The molecule has 0 N–H and O–H groups in total. The second-order valence-electron chi connectivity index (χ2n) is 19.3. The summed E-state index contributed by atoms with van der Waals surface area (Å²) in [5.74, 6) is -0.813. The largest absolute Gasteiger partial charge is 0.756 e. The van der Waals surface area contributed by atoms with Crippen molar-refractivity contribution >= 4 is 19.8 Å². The molecule has 1 unspecified atom stereocenters. The maximum absolute atomic E-state index is 12.7. The number of esters is 2. The smallest absolute Gasteiger partial charge is 0.306 e. The third kappa shape index (κ3) is 48.3. The van der Waals surface area contributed by atoms with E-state index in [0.717, 1.165) is 32.1 Å². The molecular weight excluding hydrogens is 786 g/mol. The van der Waals surface area contributed by atoms with E-state index >= 15 is 0 Å². The van der Waals surface area contributed by atoms with Crippen LogP contribution in [0.2, 0.25) is 0 Å². The van der Waals surface area contributed by atoms with Crippen LogP contribution < -0.4 is 4.89 Å². The van der Waals surface area contributed by atoms with Gasteiger partial charge in [0.05, 0.1) is 27.7 Å². The molecule has 0 fully saturated rings. The van der Waals surface area contributed by atoms with E-state index in [1.165, 1.54) is 199 Å². The van der Waals surface area contributed by atoms with Crippen molar-refractivity contribution in [3.05, 3.63) is 0 Å². The molecular formula is C51H102NO8P. The lowest BCUT2D eigenvalue weighted by Gasteiger charge is -2.28. The molecule has 0 radical (unpaired) electrons. The lowest BCUT2D eigenvalue weighted by molar-refractivity contribution is -0.870. The normalized spacial score (nSPS) is 13.3. The van der Waals surface area contributed by atoms with Crippen LogP contribution in [0.15, 0.2) is 0 Å². The third-order valence-corrected chi connectivity index (χ3v) is 12.8. The van der Waals surface area contributed by atoms with Crippen molar-refractivity contribution in [3.8, 4) is 0 Å². The Labute approximate surface area is 378 Å². The highest BCUT2D eigenvalue weighted by atomic mass is 31.2. The Balaban J connectivity index is 4.15. The maximum atomic E-state index is 12.7. The van der Waals surface area contributed by atoms with Gasteiger partial charge in [-0.2, -0.15) is 0 Å². The van der Waals surface area contributed by atoms with Crippen LogP contribution in [0.4, 0.5) is 0 Å². The zero-order valence-corrected chi connectivity index (χ0v) is 42.0. The van der Waals surface area contributed by atoms with Crippen LogP contribution in [-0.4, -0.2) is 70.0 Å². The summed E-state index contributed by atoms with van der Waals surface area (Å²) in [6.07, 6.45) is 47.0. The van der Waals surface area contributed by atoms with E-state index in [4.69, 9.17) is 18.5 Å². The Morgan fingerprint density at radius 3 is 1.05 bits per heavy atom. The minimum Gasteiger partial charge on any atom is -0.756 e. The molecule has 0 saturated carbocycles. The average Bonchev–Trinajstić information content (AvgIpc) is 3.21. The third-order valence-electron chi connectivity index (χ3n) is 11.9. The van der Waals surface area contributed by atoms with Crippen molar-refractivity contribution in [2.75, 3.05) is 47.5 Å². The van der Waals surface area contributed by atoms with Gasteiger partial charge in [0.2, 0.25) is 0 Å². The fourth-order valence-corrected chi connectivity index (χ4v) is 8.50. The van der Waals surface area contributed by atoms with Crippen LogP contribution >= 0.6 is 7.82 Å². The Bertz CT molecular complexity index is 1010. The first-order valence-electron chi connectivity index (χ1n) is 26.2. The van der Waals surface area contributed by atoms with Crippen LogP contribution in [0.3, 0.4) is 0 Å². The Kier molecular flexibility index (Phi) is 43.5. The number of carbonyl (C=O) groups is 2. The first kappa shape index (κ1) is 60.0. The molecule has 2 atom stereocenters. The summed E-state index contributed by atoms with van der Waals surface area (Å²) in [6.45, 7) is 4.29. The van der Waals surface area contributed by atoms with Crippen molar-refractivity contribution in [3.63, 3.8) is 0 Å². The number of hydrogen-bond acceptors (Lipinski definition) is 8. The molecule has 0 saturated heterocycles. The van der Waals surface area contributed by atoms with Crippen molar-refractivity contribution in [2.24, 2.45) is 0 Å². The average molecular weight is 888 g/mol. The van der Waals surface area contributed by atoms with Crippen molar-refractivity contribution in [2.45, 2.75) is 270 Å². The number of rotatable bonds is 49. The monoisotopic (exact) mass is 888 g/mol. The van der Waals surface area contributed by atoms with Crippen LogP contribution in [0.1, 0.15) is 264 Å². The number of hydrogen-bond donors (Lipinski definition) is 0. The van der Waals surface area contributed by atoms with E-state index in [2.05, 4.69) is 13.8 Å². The zero-order valence-electron chi connectivity index (χ0n) is 41.1. The summed E-state index contributed by atoms with van der Waals surface area (Å²) in [5.41, 5.74) is 0. The van der Waals surface area contributed by atoms with Gasteiger partial charge < -0.3 is 27.9 Å². The van der Waals surface area contributed by atoms with E-state index < -0.39 is 26.5 Å². The summed E-state index contributed by atoms with van der Waals surface area (Å²) in [6, 6.07) is 0. The van der Waals surface area contributed by atoms with E-state index in [9.17, 15) is 19.0 Å². The molecule has 364 valence electrons. The van der Waals surface area contributed by atoms with Gasteiger partial charge >= 0.3 is 11.9 Å². The van der Waals surface area contributed by atoms with Gasteiger partial charge in [0, 0.05) is 12.8 Å². The van der Waals surface area contributed by atoms with Gasteiger partial charge in [-0.05, 0) is 12.8 Å². The zero-order chi connectivity index (χ0) is 45.0. The first-order valence-corrected chi connectivity index (χ1v) is 27.7. The number of likely N-dealkylation sites (N-methyl/N-ethyl adjacent to an activating group) is 1. The van der Waals surface area contributed by atoms with E-state index in [0.29, 0.717) is 17.4 Å². The van der Waals surface area contributed by atoms with Gasteiger partial charge in [-0.15, -0.1) is 0 Å². The van der Waals surface area contributed by atoms with E-state index in [1.807, 2.05) is 21.1 Å². The second kappa shape index (κ2) is 44.2. The number of nitrogens with zero attached hydrogens (tertiary/aromatic N) is 1. The highest BCUT2D eigenvalue weighted by Gasteiger charge is 2.21. The summed E-state index contributed by atoms with van der Waals surface area (Å²) in [5, 5.41) is 0. The van der Waals surface area contributed by atoms with Gasteiger partial charge in [0.15, 0.2) is 6.10 Å². The lowest BCUT2D eigenvalue weighted by atomic mass is 10.0. The highest BCUT2D eigenvalue weighted by molar-refractivity contribution is 7.45. The summed E-state index contributed by atoms with van der Waals surface area (Å²) < 4.78 is 34.1. The Hall–Kier alpha value is -0.990. The molecule has 9 nitrogen and oxygen atoms in total. The van der Waals surface area contributed by atoms with Crippen LogP contribution in [-0.2, 0) is 32.7 Å². The van der Waals surface area contributed by atoms with Gasteiger partial charge in [-0.1, -0.05) is 239 Å². The Morgan fingerprint density at radius 1 is 0.443 bits per heavy atom. The number of phosphoric acid groups is 1. The van der Waals surface area contributed by atoms with Crippen molar-refractivity contribution in [1.82, 2.24) is 0 Å². The molecule has 0 aromatic carbocycles. The summed E-state index contributed by atoms with van der Waals surface area (Å²) >= 11 is 0. The predicted molar refractivity (Wildman–Crippen MR) is 255 cm³/mol. The van der Waals surface area contributed by atoms with Crippen LogP contribution in [0.5, 0.6) is 0 Å². The van der Waals surface area contributed by atoms with Crippen molar-refractivity contribution in [1.29, 1.82) is 0 Å². The SMILES string of the molecule is CCCCCCCCCCCCCCCCCCCCCCCCC(=O)OC[C@H](COP(=O)([O-])OCC[N+](C)(C)C)OC(=O)CCCCCCCCCCCCCCCCC. The second-order valence-corrected chi connectivity index (χ2v) is 20.7. The number of unbranched alkanes of at least 4 members (excludes halogenated alkanes) is 35. The molecule has 0 aliphatic heterocycles. The number of ether oxygens (including phenoxy) is 2. The number of phosphoric ester groups is 1. The molecule has 0 spiro atoms. The predicted octanol–water partition coefficient (Wildman–Crippen LogP) is 14.9. The molecule has 10 heteroatoms. The van der Waals surface area contributed by atoms with Crippen LogP contribution in [0, 0.1) is 0 Å². The topological polar surface area (TPSA) is 111 Å². The van der Waals surface area contributed by atoms with Crippen molar-refractivity contribution < 1.29 is 42.1 Å². The molecule has 0 amide bonds. The number of quaternary nitrogens is 1. The number of carbonyl (C=O) groups excluding carboxylic acids is 2. The minimum absolute atomic E-state index is 0.0253.